The van der Waals surface area contributed by atoms with E-state index in [0.717, 1.165) is 12.0 Å². The summed E-state index contributed by atoms with van der Waals surface area (Å²) in [6.45, 7) is 5.95. The summed E-state index contributed by atoms with van der Waals surface area (Å²) < 4.78 is 0. The van der Waals surface area contributed by atoms with Gasteiger partial charge in [-0.15, -0.1) is 0 Å². The summed E-state index contributed by atoms with van der Waals surface area (Å²) in [6.07, 6.45) is 2.51. The van der Waals surface area contributed by atoms with Gasteiger partial charge in [0.2, 0.25) is 5.95 Å². The van der Waals surface area contributed by atoms with Crippen molar-refractivity contribution in [2.24, 2.45) is 0 Å². The van der Waals surface area contributed by atoms with E-state index >= 15 is 0 Å². The molecule has 1 amide bonds. The Kier molecular flexibility index (Phi) is 5.33. The van der Waals surface area contributed by atoms with Crippen molar-refractivity contribution in [3.63, 3.8) is 0 Å². The number of amides is 1. The molecule has 0 spiro atoms. The van der Waals surface area contributed by atoms with Crippen molar-refractivity contribution in [1.82, 2.24) is 9.97 Å². The third-order valence-corrected chi connectivity index (χ3v) is 3.80. The maximum absolute atomic E-state index is 12.3. The number of halogens is 1. The van der Waals surface area contributed by atoms with Gasteiger partial charge in [-0.25, -0.2) is 9.97 Å². The highest BCUT2D eigenvalue weighted by Gasteiger charge is 2.12. The Morgan fingerprint density at radius 1 is 1.36 bits per heavy atom. The summed E-state index contributed by atoms with van der Waals surface area (Å²) in [5.74, 6) is 0.157. The number of carbonyl (C=O) groups excluding carboxylic acids is 1. The average Bonchev–Trinajstić information content (AvgIpc) is 2.52. The van der Waals surface area contributed by atoms with Crippen molar-refractivity contribution in [3.8, 4) is 0 Å². The lowest BCUT2D eigenvalue weighted by molar-refractivity contribution is 0.102. The van der Waals surface area contributed by atoms with E-state index in [-0.39, 0.29) is 11.9 Å². The van der Waals surface area contributed by atoms with E-state index in [2.05, 4.69) is 27.5 Å². The smallest absolute Gasteiger partial charge is 0.274 e. The zero-order valence-corrected chi connectivity index (χ0v) is 13.6. The zero-order valence-electron chi connectivity index (χ0n) is 12.9. The van der Waals surface area contributed by atoms with Crippen LogP contribution in [0.3, 0.4) is 0 Å². The molecule has 2 rings (SSSR count). The molecule has 22 heavy (non-hydrogen) atoms. The highest BCUT2D eigenvalue weighted by atomic mass is 35.5. The highest BCUT2D eigenvalue weighted by Crippen LogP contribution is 2.23. The Balaban J connectivity index is 2.16. The molecule has 0 aliphatic heterocycles. The Hall–Kier alpha value is -2.14. The summed E-state index contributed by atoms with van der Waals surface area (Å²) >= 11 is 6.05. The average molecular weight is 319 g/mol. The minimum atomic E-state index is -0.292. The summed E-state index contributed by atoms with van der Waals surface area (Å²) in [5, 5.41) is 6.58. The van der Waals surface area contributed by atoms with Crippen molar-refractivity contribution in [1.29, 1.82) is 0 Å². The molecule has 1 aromatic heterocycles. The van der Waals surface area contributed by atoms with E-state index in [4.69, 9.17) is 11.6 Å². The molecule has 0 bridgehead atoms. The van der Waals surface area contributed by atoms with Crippen LogP contribution in [-0.2, 0) is 0 Å². The van der Waals surface area contributed by atoms with Crippen LogP contribution in [0.1, 0.15) is 36.3 Å². The van der Waals surface area contributed by atoms with Gasteiger partial charge < -0.3 is 10.6 Å². The van der Waals surface area contributed by atoms with Crippen LogP contribution in [0.25, 0.3) is 0 Å². The number of aromatic nitrogens is 2. The zero-order chi connectivity index (χ0) is 16.1. The number of hydrogen-bond donors (Lipinski definition) is 2. The third kappa shape index (κ3) is 3.95. The van der Waals surface area contributed by atoms with Gasteiger partial charge in [0.25, 0.3) is 5.91 Å². The molecule has 1 atom stereocenters. The summed E-state index contributed by atoms with van der Waals surface area (Å²) in [4.78, 5) is 20.7. The first-order valence-corrected chi connectivity index (χ1v) is 7.55. The SMILES string of the molecule is CCC(C)Nc1nccc(C(=O)Nc2cccc(Cl)c2C)n1. The first-order chi connectivity index (χ1) is 10.5. The van der Waals surface area contributed by atoms with Crippen molar-refractivity contribution in [3.05, 3.63) is 46.7 Å². The molecule has 0 aliphatic rings. The predicted octanol–water partition coefficient (Wildman–Crippen LogP) is 3.90. The van der Waals surface area contributed by atoms with E-state index in [1.807, 2.05) is 13.8 Å². The van der Waals surface area contributed by atoms with E-state index in [0.29, 0.717) is 22.4 Å². The first kappa shape index (κ1) is 16.2. The quantitative estimate of drug-likeness (QED) is 0.877. The number of carbonyl (C=O) groups is 1. The van der Waals surface area contributed by atoms with Crippen LogP contribution in [0, 0.1) is 6.92 Å². The molecule has 6 heteroatoms. The standard InChI is InChI=1S/C16H19ClN4O/c1-4-10(2)19-16-18-9-8-14(21-16)15(22)20-13-7-5-6-12(17)11(13)3/h5-10H,4H2,1-3H3,(H,20,22)(H,18,19,21). The fraction of sp³-hybridized carbons (Fsp3) is 0.312. The molecular formula is C16H19ClN4O. The molecule has 116 valence electrons. The Morgan fingerprint density at radius 2 is 2.14 bits per heavy atom. The van der Waals surface area contributed by atoms with Gasteiger partial charge in [0, 0.05) is 22.9 Å². The van der Waals surface area contributed by atoms with Crippen LogP contribution < -0.4 is 10.6 Å². The lowest BCUT2D eigenvalue weighted by Crippen LogP contribution is -2.19. The number of benzene rings is 1. The summed E-state index contributed by atoms with van der Waals surface area (Å²) in [7, 11) is 0. The number of nitrogens with zero attached hydrogens (tertiary/aromatic N) is 2. The Labute approximate surface area is 135 Å². The van der Waals surface area contributed by atoms with Gasteiger partial charge in [0.1, 0.15) is 5.69 Å². The van der Waals surface area contributed by atoms with Crippen LogP contribution in [0.15, 0.2) is 30.5 Å². The number of hydrogen-bond acceptors (Lipinski definition) is 4. The number of nitrogens with one attached hydrogen (secondary N) is 2. The van der Waals surface area contributed by atoms with Crippen molar-refractivity contribution < 1.29 is 4.79 Å². The second-order valence-corrected chi connectivity index (χ2v) is 5.49. The molecule has 5 nitrogen and oxygen atoms in total. The Bertz CT molecular complexity index is 675. The van der Waals surface area contributed by atoms with Crippen molar-refractivity contribution in [2.75, 3.05) is 10.6 Å². The van der Waals surface area contributed by atoms with Crippen LogP contribution >= 0.6 is 11.6 Å². The monoisotopic (exact) mass is 318 g/mol. The maximum Gasteiger partial charge on any atom is 0.274 e. The van der Waals surface area contributed by atoms with Crippen LogP contribution in [-0.4, -0.2) is 21.9 Å². The van der Waals surface area contributed by atoms with Gasteiger partial charge in [-0.05, 0) is 44.0 Å². The van der Waals surface area contributed by atoms with Gasteiger partial charge in [0.05, 0.1) is 0 Å². The summed E-state index contributed by atoms with van der Waals surface area (Å²) in [5.41, 5.74) is 1.80. The molecule has 2 N–H and O–H groups in total. The van der Waals surface area contributed by atoms with Crippen molar-refractivity contribution >= 4 is 29.1 Å². The fourth-order valence-electron chi connectivity index (χ4n) is 1.81. The molecule has 0 saturated heterocycles. The minimum absolute atomic E-state index is 0.244. The van der Waals surface area contributed by atoms with E-state index in [1.54, 1.807) is 30.5 Å². The van der Waals surface area contributed by atoms with Gasteiger partial charge >= 0.3 is 0 Å². The Morgan fingerprint density at radius 3 is 2.86 bits per heavy atom. The largest absolute Gasteiger partial charge is 0.352 e. The number of rotatable bonds is 5. The van der Waals surface area contributed by atoms with Gasteiger partial charge in [-0.3, -0.25) is 4.79 Å². The molecule has 0 fully saturated rings. The summed E-state index contributed by atoms with van der Waals surface area (Å²) in [6, 6.07) is 7.20. The molecule has 0 radical (unpaired) electrons. The molecule has 0 aliphatic carbocycles. The van der Waals surface area contributed by atoms with Crippen LogP contribution in [0.2, 0.25) is 5.02 Å². The van der Waals surface area contributed by atoms with E-state index in [1.165, 1.54) is 0 Å². The predicted molar refractivity (Wildman–Crippen MR) is 89.5 cm³/mol. The number of anilines is 2. The lowest BCUT2D eigenvalue weighted by atomic mass is 10.2. The topological polar surface area (TPSA) is 66.9 Å². The second-order valence-electron chi connectivity index (χ2n) is 5.09. The van der Waals surface area contributed by atoms with Crippen LogP contribution in [0.5, 0.6) is 0 Å². The molecule has 1 aromatic carbocycles. The van der Waals surface area contributed by atoms with Gasteiger partial charge in [-0.1, -0.05) is 24.6 Å². The first-order valence-electron chi connectivity index (χ1n) is 7.17. The van der Waals surface area contributed by atoms with E-state index in [9.17, 15) is 4.79 Å². The molecular weight excluding hydrogens is 300 g/mol. The van der Waals surface area contributed by atoms with E-state index < -0.39 is 0 Å². The third-order valence-electron chi connectivity index (χ3n) is 3.39. The lowest BCUT2D eigenvalue weighted by Gasteiger charge is -2.12. The minimum Gasteiger partial charge on any atom is -0.352 e. The molecule has 2 aromatic rings. The normalized spacial score (nSPS) is 11.8. The molecule has 0 saturated carbocycles. The molecule has 1 heterocycles. The maximum atomic E-state index is 12.3. The van der Waals surface area contributed by atoms with Crippen LogP contribution in [0.4, 0.5) is 11.6 Å². The van der Waals surface area contributed by atoms with Crippen molar-refractivity contribution in [2.45, 2.75) is 33.2 Å². The highest BCUT2D eigenvalue weighted by molar-refractivity contribution is 6.31. The van der Waals surface area contributed by atoms with Gasteiger partial charge in [-0.2, -0.15) is 0 Å². The second kappa shape index (κ2) is 7.22. The molecule has 1 unspecified atom stereocenters. The fourth-order valence-corrected chi connectivity index (χ4v) is 1.98. The van der Waals surface area contributed by atoms with Gasteiger partial charge in [0.15, 0.2) is 0 Å².